The van der Waals surface area contributed by atoms with Gasteiger partial charge in [0.1, 0.15) is 5.75 Å². The number of halogens is 3. The maximum absolute atomic E-state index is 12.3. The summed E-state index contributed by atoms with van der Waals surface area (Å²) in [6.07, 6.45) is 10.00. The van der Waals surface area contributed by atoms with Crippen LogP contribution in [-0.4, -0.2) is 6.36 Å². The summed E-state index contributed by atoms with van der Waals surface area (Å²) in [5.74, 6) is 3.90. The molecule has 4 heteroatoms. The second-order valence-electron chi connectivity index (χ2n) is 9.62. The molecule has 1 unspecified atom stereocenters. The van der Waals surface area contributed by atoms with Gasteiger partial charge in [0.25, 0.3) is 0 Å². The van der Waals surface area contributed by atoms with Gasteiger partial charge in [0.15, 0.2) is 0 Å². The first-order chi connectivity index (χ1) is 13.8. The van der Waals surface area contributed by atoms with Crippen LogP contribution in [0.3, 0.4) is 0 Å². The van der Waals surface area contributed by atoms with Crippen molar-refractivity contribution >= 4 is 0 Å². The van der Waals surface area contributed by atoms with Gasteiger partial charge >= 0.3 is 6.36 Å². The van der Waals surface area contributed by atoms with E-state index in [0.29, 0.717) is 5.92 Å². The first kappa shape index (κ1) is 22.5. The fourth-order valence-corrected chi connectivity index (χ4v) is 5.85. The van der Waals surface area contributed by atoms with E-state index in [9.17, 15) is 13.2 Å². The zero-order valence-corrected chi connectivity index (χ0v) is 18.0. The molecule has 2 fully saturated rings. The van der Waals surface area contributed by atoms with Crippen LogP contribution in [0.1, 0.15) is 96.0 Å². The van der Waals surface area contributed by atoms with E-state index in [0.717, 1.165) is 42.1 Å². The predicted octanol–water partition coefficient (Wildman–Crippen LogP) is 8.49. The summed E-state index contributed by atoms with van der Waals surface area (Å²) in [6, 6.07) is 6.52. The van der Waals surface area contributed by atoms with Crippen LogP contribution < -0.4 is 4.74 Å². The van der Waals surface area contributed by atoms with E-state index < -0.39 is 6.36 Å². The van der Waals surface area contributed by atoms with E-state index in [2.05, 4.69) is 18.6 Å². The topological polar surface area (TPSA) is 9.23 Å². The van der Waals surface area contributed by atoms with Crippen molar-refractivity contribution in [3.8, 4) is 5.75 Å². The Labute approximate surface area is 174 Å². The molecule has 0 heterocycles. The first-order valence-electron chi connectivity index (χ1n) is 11.7. The number of hydrogen-bond acceptors (Lipinski definition) is 1. The molecule has 1 atom stereocenters. The highest BCUT2D eigenvalue weighted by molar-refractivity contribution is 5.29. The molecule has 2 saturated carbocycles. The van der Waals surface area contributed by atoms with Gasteiger partial charge in [0.05, 0.1) is 0 Å². The van der Waals surface area contributed by atoms with E-state index >= 15 is 0 Å². The summed E-state index contributed by atoms with van der Waals surface area (Å²) in [5, 5.41) is 0. The maximum atomic E-state index is 12.3. The monoisotopic (exact) mass is 410 g/mol. The molecule has 3 rings (SSSR count). The molecule has 0 aliphatic heterocycles. The van der Waals surface area contributed by atoms with E-state index in [1.54, 1.807) is 0 Å². The third-order valence-electron chi connectivity index (χ3n) is 7.53. The van der Waals surface area contributed by atoms with E-state index in [4.69, 9.17) is 0 Å². The fraction of sp³-hybridized carbons (Fsp3) is 0.760. The summed E-state index contributed by atoms with van der Waals surface area (Å²) in [6.45, 7) is 4.77. The number of benzene rings is 1. The highest BCUT2D eigenvalue weighted by atomic mass is 19.4. The van der Waals surface area contributed by atoms with Gasteiger partial charge in [-0.1, -0.05) is 51.7 Å². The number of alkyl halides is 3. The van der Waals surface area contributed by atoms with Gasteiger partial charge in [-0.25, -0.2) is 0 Å². The summed E-state index contributed by atoms with van der Waals surface area (Å²) in [5.41, 5.74) is 1.15. The Bertz CT molecular complexity index is 593. The third kappa shape index (κ3) is 6.93. The van der Waals surface area contributed by atoms with Crippen molar-refractivity contribution in [2.45, 2.75) is 96.8 Å². The van der Waals surface area contributed by atoms with Crippen molar-refractivity contribution in [3.05, 3.63) is 29.8 Å². The van der Waals surface area contributed by atoms with Gasteiger partial charge < -0.3 is 4.74 Å². The molecule has 0 saturated heterocycles. The lowest BCUT2D eigenvalue weighted by Gasteiger charge is -2.36. The second-order valence-corrected chi connectivity index (χ2v) is 9.62. The zero-order chi connectivity index (χ0) is 20.9. The van der Waals surface area contributed by atoms with Gasteiger partial charge in [-0.3, -0.25) is 0 Å². The lowest BCUT2D eigenvalue weighted by Crippen LogP contribution is -2.23. The Hall–Kier alpha value is -1.19. The molecular weight excluding hydrogens is 373 g/mol. The Balaban J connectivity index is 1.41. The summed E-state index contributed by atoms with van der Waals surface area (Å²) < 4.78 is 40.9. The van der Waals surface area contributed by atoms with Crippen molar-refractivity contribution in [1.82, 2.24) is 0 Å². The normalized spacial score (nSPS) is 29.4. The summed E-state index contributed by atoms with van der Waals surface area (Å²) in [7, 11) is 0. The van der Waals surface area contributed by atoms with Crippen molar-refractivity contribution in [3.63, 3.8) is 0 Å². The standard InChI is InChI=1S/C25H37F3O/c1-3-4-19-5-9-21(10-6-19)18(2)17-20-7-11-22(12-8-20)23-13-15-24(16-14-23)29-25(26,27)28/h13-16,18-22H,3-12,17H2,1-2H3. The lowest BCUT2D eigenvalue weighted by molar-refractivity contribution is -0.274. The van der Waals surface area contributed by atoms with Crippen molar-refractivity contribution in [2.75, 3.05) is 0 Å². The van der Waals surface area contributed by atoms with Gasteiger partial charge in [0, 0.05) is 0 Å². The first-order valence-corrected chi connectivity index (χ1v) is 11.7. The Morgan fingerprint density at radius 3 is 2.03 bits per heavy atom. The van der Waals surface area contributed by atoms with Crippen LogP contribution in [0.5, 0.6) is 5.75 Å². The zero-order valence-electron chi connectivity index (χ0n) is 18.0. The Kier molecular flexibility index (Phi) is 7.92. The van der Waals surface area contributed by atoms with Crippen LogP contribution >= 0.6 is 0 Å². The molecule has 1 aromatic rings. The highest BCUT2D eigenvalue weighted by Gasteiger charge is 2.31. The average Bonchev–Trinajstić information content (AvgIpc) is 2.69. The molecule has 164 valence electrons. The number of rotatable bonds is 7. The number of hydrogen-bond donors (Lipinski definition) is 0. The van der Waals surface area contributed by atoms with Crippen LogP contribution in [0, 0.1) is 23.7 Å². The second kappa shape index (κ2) is 10.2. The maximum Gasteiger partial charge on any atom is 0.573 e. The molecule has 0 bridgehead atoms. The molecule has 0 amide bonds. The lowest BCUT2D eigenvalue weighted by atomic mass is 9.70. The SMILES string of the molecule is CCCC1CCC(C(C)CC2CCC(c3ccc(OC(F)(F)F)cc3)CC2)CC1. The molecular formula is C25H37F3O. The molecule has 2 aliphatic carbocycles. The Morgan fingerprint density at radius 2 is 1.48 bits per heavy atom. The molecule has 0 aromatic heterocycles. The smallest absolute Gasteiger partial charge is 0.406 e. The van der Waals surface area contributed by atoms with Crippen LogP contribution in [0.15, 0.2) is 24.3 Å². The van der Waals surface area contributed by atoms with Crippen molar-refractivity contribution < 1.29 is 17.9 Å². The minimum atomic E-state index is -4.62. The third-order valence-corrected chi connectivity index (χ3v) is 7.53. The fourth-order valence-electron chi connectivity index (χ4n) is 5.85. The Morgan fingerprint density at radius 1 is 0.897 bits per heavy atom. The van der Waals surface area contributed by atoms with Crippen LogP contribution in [0.2, 0.25) is 0 Å². The molecule has 0 radical (unpaired) electrons. The largest absolute Gasteiger partial charge is 0.573 e. The van der Waals surface area contributed by atoms with E-state index in [-0.39, 0.29) is 5.75 Å². The van der Waals surface area contributed by atoms with Gasteiger partial charge in [-0.05, 0) is 92.2 Å². The molecule has 1 nitrogen and oxygen atoms in total. The van der Waals surface area contributed by atoms with Crippen LogP contribution in [0.4, 0.5) is 13.2 Å². The summed E-state index contributed by atoms with van der Waals surface area (Å²) >= 11 is 0. The molecule has 1 aromatic carbocycles. The molecule has 0 spiro atoms. The van der Waals surface area contributed by atoms with Crippen molar-refractivity contribution in [1.29, 1.82) is 0 Å². The molecule has 0 N–H and O–H groups in total. The van der Waals surface area contributed by atoms with Crippen molar-refractivity contribution in [2.24, 2.45) is 23.7 Å². The van der Waals surface area contributed by atoms with E-state index in [1.807, 2.05) is 12.1 Å². The van der Waals surface area contributed by atoms with Crippen LogP contribution in [-0.2, 0) is 0 Å². The van der Waals surface area contributed by atoms with Crippen LogP contribution in [0.25, 0.3) is 0 Å². The van der Waals surface area contributed by atoms with Gasteiger partial charge in [-0.15, -0.1) is 13.2 Å². The highest BCUT2D eigenvalue weighted by Crippen LogP contribution is 2.42. The van der Waals surface area contributed by atoms with E-state index in [1.165, 1.54) is 69.9 Å². The number of ether oxygens (including phenoxy) is 1. The minimum absolute atomic E-state index is 0.127. The average molecular weight is 411 g/mol. The van der Waals surface area contributed by atoms with Gasteiger partial charge in [-0.2, -0.15) is 0 Å². The minimum Gasteiger partial charge on any atom is -0.406 e. The summed E-state index contributed by atoms with van der Waals surface area (Å²) in [4.78, 5) is 0. The predicted molar refractivity (Wildman–Crippen MR) is 112 cm³/mol. The quantitative estimate of drug-likeness (QED) is 0.438. The van der Waals surface area contributed by atoms with Gasteiger partial charge in [0.2, 0.25) is 0 Å². The molecule has 29 heavy (non-hydrogen) atoms. The molecule has 2 aliphatic rings.